The third kappa shape index (κ3) is 3.74. The second kappa shape index (κ2) is 9.29. The van der Waals surface area contributed by atoms with Crippen molar-refractivity contribution >= 4 is 23.2 Å². The first-order valence-electron chi connectivity index (χ1n) is 13.0. The van der Waals surface area contributed by atoms with Gasteiger partial charge >= 0.3 is 0 Å². The molecule has 6 N–H and O–H groups in total. The number of benzene rings is 1. The number of aliphatic hydroxyl groups excluding tert-OH is 2. The van der Waals surface area contributed by atoms with Crippen LogP contribution in [0, 0.1) is 29.6 Å². The van der Waals surface area contributed by atoms with Crippen LogP contribution in [0.5, 0.6) is 5.75 Å². The maximum atomic E-state index is 13.9. The highest BCUT2D eigenvalue weighted by Gasteiger charge is 2.64. The van der Waals surface area contributed by atoms with E-state index in [9.17, 15) is 34.8 Å². The van der Waals surface area contributed by atoms with Gasteiger partial charge in [0.05, 0.1) is 11.6 Å². The number of aliphatic hydroxyl groups is 3. The van der Waals surface area contributed by atoms with Gasteiger partial charge < -0.3 is 26.2 Å². The van der Waals surface area contributed by atoms with Gasteiger partial charge in [0.25, 0.3) is 5.91 Å². The SMILES string of the molecule is CN(C)C1C(=O)C(C(N)=O)=C(O)C2(O)C(=O)C3=C(O)c4c(O)ccc(C#CC5CCCCC5)c4CC3CC12. The summed E-state index contributed by atoms with van der Waals surface area (Å²) in [5.74, 6) is 0.251. The van der Waals surface area contributed by atoms with Crippen molar-refractivity contribution in [1.82, 2.24) is 4.90 Å². The number of rotatable bonds is 2. The van der Waals surface area contributed by atoms with E-state index in [-0.39, 0.29) is 35.6 Å². The van der Waals surface area contributed by atoms with Crippen LogP contribution in [0.25, 0.3) is 5.76 Å². The standard InChI is InChI=1S/C29H32N2O7/c1-31(2)23-18-13-16-12-17-15(9-8-14-6-4-3-5-7-14)10-11-19(32)21(17)24(33)20(16)26(35)29(18,38)27(36)22(25(23)34)28(30)37/h10-11,14,16,18,23,32-33,36,38H,3-7,12-13H2,1-2H3,(H2,30,37). The van der Waals surface area contributed by atoms with Gasteiger partial charge in [0.15, 0.2) is 11.4 Å². The lowest BCUT2D eigenvalue weighted by molar-refractivity contribution is -0.153. The Hall–Kier alpha value is -3.61. The van der Waals surface area contributed by atoms with Crippen LogP contribution in [0.15, 0.2) is 29.0 Å². The number of nitrogens with two attached hydrogens (primary N) is 1. The summed E-state index contributed by atoms with van der Waals surface area (Å²) >= 11 is 0. The monoisotopic (exact) mass is 520 g/mol. The Morgan fingerprint density at radius 2 is 1.79 bits per heavy atom. The van der Waals surface area contributed by atoms with Crippen LogP contribution in [0.1, 0.15) is 55.2 Å². The average molecular weight is 521 g/mol. The number of carbonyl (C=O) groups is 3. The van der Waals surface area contributed by atoms with Crippen LogP contribution in [0.2, 0.25) is 0 Å². The Labute approximate surface area is 220 Å². The molecule has 1 aromatic carbocycles. The molecule has 2 fully saturated rings. The molecular weight excluding hydrogens is 488 g/mol. The van der Waals surface area contributed by atoms with Crippen LogP contribution < -0.4 is 5.73 Å². The zero-order valence-electron chi connectivity index (χ0n) is 21.5. The fraction of sp³-hybridized carbons (Fsp3) is 0.483. The molecule has 1 aromatic rings. The van der Waals surface area contributed by atoms with Gasteiger partial charge in [0.2, 0.25) is 5.78 Å². The van der Waals surface area contributed by atoms with Crippen LogP contribution in [0.3, 0.4) is 0 Å². The Morgan fingerprint density at radius 1 is 1.11 bits per heavy atom. The number of hydrogen-bond donors (Lipinski definition) is 5. The highest BCUT2D eigenvalue weighted by molar-refractivity contribution is 6.24. The van der Waals surface area contributed by atoms with E-state index in [1.165, 1.54) is 17.4 Å². The van der Waals surface area contributed by atoms with Gasteiger partial charge in [-0.05, 0) is 63.4 Å². The summed E-state index contributed by atoms with van der Waals surface area (Å²) < 4.78 is 0. The molecule has 4 aliphatic carbocycles. The van der Waals surface area contributed by atoms with E-state index in [2.05, 4.69) is 11.8 Å². The molecule has 4 unspecified atom stereocenters. The molecule has 1 amide bonds. The molecule has 9 nitrogen and oxygen atoms in total. The summed E-state index contributed by atoms with van der Waals surface area (Å²) in [5, 5.41) is 44.5. The number of primary amides is 1. The van der Waals surface area contributed by atoms with E-state index in [0.717, 1.165) is 25.7 Å². The van der Waals surface area contributed by atoms with E-state index < -0.39 is 58.0 Å². The van der Waals surface area contributed by atoms with Gasteiger partial charge in [-0.2, -0.15) is 0 Å². The van der Waals surface area contributed by atoms with Crippen molar-refractivity contribution in [2.75, 3.05) is 14.1 Å². The molecule has 0 spiro atoms. The minimum atomic E-state index is -2.64. The average Bonchev–Trinajstić information content (AvgIpc) is 2.86. The number of likely N-dealkylation sites (N-methyl/N-ethyl adjacent to an activating group) is 1. The molecule has 0 radical (unpaired) electrons. The minimum Gasteiger partial charge on any atom is -0.508 e. The predicted molar refractivity (Wildman–Crippen MR) is 138 cm³/mol. The molecule has 4 aliphatic rings. The zero-order chi connectivity index (χ0) is 27.5. The molecule has 38 heavy (non-hydrogen) atoms. The third-order valence-corrected chi connectivity index (χ3v) is 8.62. The maximum absolute atomic E-state index is 13.9. The molecule has 9 heteroatoms. The summed E-state index contributed by atoms with van der Waals surface area (Å²) in [6.07, 6.45) is 5.83. The molecule has 0 aliphatic heterocycles. The van der Waals surface area contributed by atoms with Crippen molar-refractivity contribution < 1.29 is 34.8 Å². The normalized spacial score (nSPS) is 29.4. The molecule has 4 atom stereocenters. The van der Waals surface area contributed by atoms with Crippen LogP contribution >= 0.6 is 0 Å². The van der Waals surface area contributed by atoms with Crippen molar-refractivity contribution in [2.45, 2.75) is 56.6 Å². The van der Waals surface area contributed by atoms with Gasteiger partial charge in [-0.3, -0.25) is 19.3 Å². The van der Waals surface area contributed by atoms with Crippen molar-refractivity contribution in [2.24, 2.45) is 23.5 Å². The van der Waals surface area contributed by atoms with Crippen molar-refractivity contribution in [3.05, 3.63) is 45.7 Å². The first-order chi connectivity index (χ1) is 18.0. The van der Waals surface area contributed by atoms with Crippen molar-refractivity contribution in [3.63, 3.8) is 0 Å². The molecule has 2 saturated carbocycles. The van der Waals surface area contributed by atoms with E-state index in [1.54, 1.807) is 20.2 Å². The molecule has 200 valence electrons. The third-order valence-electron chi connectivity index (χ3n) is 8.62. The Morgan fingerprint density at radius 3 is 2.42 bits per heavy atom. The van der Waals surface area contributed by atoms with Gasteiger partial charge in [0.1, 0.15) is 22.8 Å². The number of nitrogens with zero attached hydrogens (tertiary/aromatic N) is 1. The Bertz CT molecular complexity index is 1370. The number of fused-ring (bicyclic) bond motifs is 3. The summed E-state index contributed by atoms with van der Waals surface area (Å²) in [6.45, 7) is 0. The van der Waals surface area contributed by atoms with Gasteiger partial charge in [-0.25, -0.2) is 0 Å². The largest absolute Gasteiger partial charge is 0.508 e. The predicted octanol–water partition coefficient (Wildman–Crippen LogP) is 1.90. The number of aromatic hydroxyl groups is 1. The van der Waals surface area contributed by atoms with E-state index >= 15 is 0 Å². The smallest absolute Gasteiger partial charge is 0.255 e. The van der Waals surface area contributed by atoms with Gasteiger partial charge in [0, 0.05) is 23.0 Å². The highest BCUT2D eigenvalue weighted by Crippen LogP contribution is 2.52. The quantitative estimate of drug-likeness (QED) is 0.292. The Kier molecular flexibility index (Phi) is 6.36. The van der Waals surface area contributed by atoms with Gasteiger partial charge in [-0.15, -0.1) is 0 Å². The number of carbonyl (C=O) groups excluding carboxylic acids is 3. The summed E-state index contributed by atoms with van der Waals surface area (Å²) in [7, 11) is 3.15. The summed E-state index contributed by atoms with van der Waals surface area (Å²) in [6, 6.07) is 2.00. The Balaban J connectivity index is 1.65. The summed E-state index contributed by atoms with van der Waals surface area (Å²) in [4.78, 5) is 40.6. The molecule has 0 saturated heterocycles. The number of phenols is 1. The lowest BCUT2D eigenvalue weighted by Gasteiger charge is -2.50. The lowest BCUT2D eigenvalue weighted by atomic mass is 9.57. The first-order valence-corrected chi connectivity index (χ1v) is 13.0. The first kappa shape index (κ1) is 26.0. The zero-order valence-corrected chi connectivity index (χ0v) is 21.5. The molecule has 0 heterocycles. The van der Waals surface area contributed by atoms with E-state index in [0.29, 0.717) is 11.1 Å². The molecule has 0 aromatic heterocycles. The van der Waals surface area contributed by atoms with Crippen molar-refractivity contribution in [3.8, 4) is 17.6 Å². The van der Waals surface area contributed by atoms with E-state index in [1.807, 2.05) is 0 Å². The van der Waals surface area contributed by atoms with Crippen LogP contribution in [-0.2, 0) is 20.8 Å². The lowest BCUT2D eigenvalue weighted by Crippen LogP contribution is -2.65. The molecular formula is C29H32N2O7. The summed E-state index contributed by atoms with van der Waals surface area (Å²) in [5.41, 5.74) is 3.03. The van der Waals surface area contributed by atoms with Crippen molar-refractivity contribution in [1.29, 1.82) is 0 Å². The fourth-order valence-corrected chi connectivity index (χ4v) is 6.79. The second-order valence-electron chi connectivity index (χ2n) is 11.1. The van der Waals surface area contributed by atoms with E-state index in [4.69, 9.17) is 5.73 Å². The second-order valence-corrected chi connectivity index (χ2v) is 11.1. The number of amides is 1. The molecule has 5 rings (SSSR count). The van der Waals surface area contributed by atoms with Gasteiger partial charge in [-0.1, -0.05) is 31.1 Å². The number of Topliss-reactive ketones (excluding diaryl/α,β-unsaturated/α-hetero) is 2. The number of phenolic OH excluding ortho intramolecular Hbond substituents is 1. The maximum Gasteiger partial charge on any atom is 0.255 e. The molecule has 0 bridgehead atoms. The van der Waals surface area contributed by atoms with Crippen LogP contribution in [-0.4, -0.2) is 68.5 Å². The highest BCUT2D eigenvalue weighted by atomic mass is 16.3. The number of ketones is 2. The minimum absolute atomic E-state index is 0.0525. The van der Waals surface area contributed by atoms with Crippen LogP contribution in [0.4, 0.5) is 0 Å². The fourth-order valence-electron chi connectivity index (χ4n) is 6.79. The topological polar surface area (TPSA) is 161 Å². The number of hydrogen-bond acceptors (Lipinski definition) is 8.